The molecule has 2 unspecified atom stereocenters. The molecule has 0 aliphatic carbocycles. The molecule has 1 aliphatic rings. The van der Waals surface area contributed by atoms with Crippen LogP contribution in [-0.4, -0.2) is 60.0 Å². The zero-order valence-corrected chi connectivity index (χ0v) is 18.3. The Labute approximate surface area is 189 Å². The minimum atomic E-state index is -1.01. The molecule has 1 fully saturated rings. The van der Waals surface area contributed by atoms with Crippen LogP contribution in [0.1, 0.15) is 31.9 Å². The second kappa shape index (κ2) is 8.55. The third kappa shape index (κ3) is 4.01. The molecule has 1 saturated heterocycles. The average Bonchev–Trinajstić information content (AvgIpc) is 3.46. The van der Waals surface area contributed by atoms with Crippen molar-refractivity contribution in [2.75, 3.05) is 18.4 Å². The van der Waals surface area contributed by atoms with Gasteiger partial charge in [-0.1, -0.05) is 5.21 Å². The lowest BCUT2D eigenvalue weighted by molar-refractivity contribution is 0.171. The molecule has 0 amide bonds. The number of hydrogen-bond acceptors (Lipinski definition) is 8. The fourth-order valence-corrected chi connectivity index (χ4v) is 4.01. The number of pyridine rings is 2. The number of fused-ring (bicyclic) bond motifs is 1. The predicted octanol–water partition coefficient (Wildman–Crippen LogP) is 2.64. The van der Waals surface area contributed by atoms with Crippen molar-refractivity contribution in [1.82, 2.24) is 40.1 Å². The molecule has 33 heavy (non-hydrogen) atoms. The van der Waals surface area contributed by atoms with Gasteiger partial charge >= 0.3 is 0 Å². The molecule has 11 heteroatoms. The lowest BCUT2D eigenvalue weighted by Crippen LogP contribution is -2.39. The highest BCUT2D eigenvalue weighted by Crippen LogP contribution is 2.30. The van der Waals surface area contributed by atoms with Gasteiger partial charge in [-0.25, -0.2) is 19.0 Å². The SMILES string of the molecule is CC(C)Nc1cc(-n2ncc3cc(C#N)cnc32)ncc1-c1cn(C2CCNCC2F)nn1. The van der Waals surface area contributed by atoms with E-state index in [1.165, 1.54) is 6.20 Å². The first-order valence-corrected chi connectivity index (χ1v) is 10.8. The Bertz CT molecular complexity index is 1330. The van der Waals surface area contributed by atoms with Gasteiger partial charge in [-0.15, -0.1) is 5.10 Å². The van der Waals surface area contributed by atoms with Gasteiger partial charge in [0.15, 0.2) is 11.5 Å². The van der Waals surface area contributed by atoms with Crippen LogP contribution >= 0.6 is 0 Å². The summed E-state index contributed by atoms with van der Waals surface area (Å²) >= 11 is 0. The Morgan fingerprint density at radius 2 is 2.12 bits per heavy atom. The van der Waals surface area contributed by atoms with Crippen molar-refractivity contribution in [2.24, 2.45) is 0 Å². The fourth-order valence-electron chi connectivity index (χ4n) is 4.01. The normalized spacial score (nSPS) is 18.5. The van der Waals surface area contributed by atoms with E-state index in [0.29, 0.717) is 35.7 Å². The molecule has 4 aromatic rings. The molecule has 10 nitrogen and oxygen atoms in total. The van der Waals surface area contributed by atoms with Gasteiger partial charge in [-0.3, -0.25) is 0 Å². The van der Waals surface area contributed by atoms with E-state index in [0.717, 1.165) is 23.2 Å². The number of anilines is 1. The van der Waals surface area contributed by atoms with E-state index in [1.54, 1.807) is 34.0 Å². The number of nitrogens with one attached hydrogen (secondary N) is 2. The van der Waals surface area contributed by atoms with Crippen molar-refractivity contribution in [3.8, 4) is 23.1 Å². The van der Waals surface area contributed by atoms with Crippen molar-refractivity contribution in [3.05, 3.63) is 42.5 Å². The molecule has 0 saturated carbocycles. The molecule has 0 radical (unpaired) electrons. The molecule has 2 N–H and O–H groups in total. The maximum Gasteiger partial charge on any atom is 0.164 e. The number of nitrogens with zero attached hydrogens (tertiary/aromatic N) is 8. The third-order valence-corrected chi connectivity index (χ3v) is 5.59. The fraction of sp³-hybridized carbons (Fsp3) is 0.364. The summed E-state index contributed by atoms with van der Waals surface area (Å²) in [5.74, 6) is 0.573. The monoisotopic (exact) mass is 446 g/mol. The Balaban J connectivity index is 1.53. The van der Waals surface area contributed by atoms with E-state index < -0.39 is 6.17 Å². The zero-order chi connectivity index (χ0) is 22.9. The first-order valence-electron chi connectivity index (χ1n) is 10.8. The molecule has 1 aliphatic heterocycles. The Kier molecular flexibility index (Phi) is 5.43. The van der Waals surface area contributed by atoms with Crippen LogP contribution in [0.2, 0.25) is 0 Å². The number of halogens is 1. The van der Waals surface area contributed by atoms with E-state index in [4.69, 9.17) is 5.26 Å². The number of alkyl halides is 1. The van der Waals surface area contributed by atoms with E-state index in [1.807, 2.05) is 19.9 Å². The topological polar surface area (TPSA) is 122 Å². The van der Waals surface area contributed by atoms with E-state index >= 15 is 0 Å². The second-order valence-electron chi connectivity index (χ2n) is 8.35. The zero-order valence-electron chi connectivity index (χ0n) is 18.3. The van der Waals surface area contributed by atoms with Crippen LogP contribution in [0.5, 0.6) is 0 Å². The van der Waals surface area contributed by atoms with Gasteiger partial charge in [0.05, 0.1) is 24.0 Å². The molecular weight excluding hydrogens is 423 g/mol. The summed E-state index contributed by atoms with van der Waals surface area (Å²) in [5.41, 5.74) is 3.26. The minimum absolute atomic E-state index is 0.152. The molecule has 5 heterocycles. The maximum atomic E-state index is 14.4. The van der Waals surface area contributed by atoms with Crippen molar-refractivity contribution in [2.45, 2.75) is 38.5 Å². The van der Waals surface area contributed by atoms with Gasteiger partial charge in [0.25, 0.3) is 0 Å². The minimum Gasteiger partial charge on any atom is -0.382 e. The summed E-state index contributed by atoms with van der Waals surface area (Å²) in [7, 11) is 0. The van der Waals surface area contributed by atoms with Gasteiger partial charge in [0, 0.05) is 47.7 Å². The van der Waals surface area contributed by atoms with Crippen molar-refractivity contribution in [3.63, 3.8) is 0 Å². The van der Waals surface area contributed by atoms with Crippen LogP contribution in [0.25, 0.3) is 28.1 Å². The van der Waals surface area contributed by atoms with Gasteiger partial charge in [0.2, 0.25) is 0 Å². The van der Waals surface area contributed by atoms with Crippen LogP contribution < -0.4 is 10.6 Å². The molecule has 5 rings (SSSR count). The van der Waals surface area contributed by atoms with Gasteiger partial charge in [-0.2, -0.15) is 15.0 Å². The summed E-state index contributed by atoms with van der Waals surface area (Å²) in [6.45, 7) is 5.14. The second-order valence-corrected chi connectivity index (χ2v) is 8.35. The highest BCUT2D eigenvalue weighted by atomic mass is 19.1. The van der Waals surface area contributed by atoms with E-state index in [-0.39, 0.29) is 12.1 Å². The third-order valence-electron chi connectivity index (χ3n) is 5.59. The smallest absolute Gasteiger partial charge is 0.164 e. The Hall–Kier alpha value is -3.91. The summed E-state index contributed by atoms with van der Waals surface area (Å²) in [6.07, 6.45) is 6.31. The number of aromatic nitrogens is 7. The summed E-state index contributed by atoms with van der Waals surface area (Å²) in [4.78, 5) is 8.96. The highest BCUT2D eigenvalue weighted by molar-refractivity contribution is 5.79. The number of rotatable bonds is 5. The first kappa shape index (κ1) is 21.0. The van der Waals surface area contributed by atoms with Gasteiger partial charge in [-0.05, 0) is 32.9 Å². The van der Waals surface area contributed by atoms with Crippen LogP contribution in [0.3, 0.4) is 0 Å². The van der Waals surface area contributed by atoms with Crippen molar-refractivity contribution < 1.29 is 4.39 Å². The number of hydrogen-bond donors (Lipinski definition) is 2. The molecular formula is C22H23FN10. The van der Waals surface area contributed by atoms with Crippen LogP contribution in [0, 0.1) is 11.3 Å². The number of piperidine rings is 1. The average molecular weight is 446 g/mol. The van der Waals surface area contributed by atoms with Crippen LogP contribution in [0.15, 0.2) is 36.9 Å². The van der Waals surface area contributed by atoms with E-state index in [9.17, 15) is 4.39 Å². The van der Waals surface area contributed by atoms with Crippen molar-refractivity contribution in [1.29, 1.82) is 5.26 Å². The van der Waals surface area contributed by atoms with Crippen molar-refractivity contribution >= 4 is 16.7 Å². The summed E-state index contributed by atoms with van der Waals surface area (Å²) in [5, 5.41) is 29.3. The maximum absolute atomic E-state index is 14.4. The molecule has 2 atom stereocenters. The Morgan fingerprint density at radius 1 is 1.24 bits per heavy atom. The molecule has 0 spiro atoms. The Morgan fingerprint density at radius 3 is 2.91 bits per heavy atom. The van der Waals surface area contributed by atoms with Gasteiger partial charge in [0.1, 0.15) is 17.9 Å². The molecule has 168 valence electrons. The van der Waals surface area contributed by atoms with E-state index in [2.05, 4.69) is 42.1 Å². The molecule has 0 bridgehead atoms. The quantitative estimate of drug-likeness (QED) is 0.480. The first-order chi connectivity index (χ1) is 16.0. The standard InChI is InChI=1S/C22H23FN10/c1-13(2)29-18-6-21(33-22-15(9-28-33)5-14(7-24)8-27-22)26-10-16(18)19-12-32(31-30-19)20-3-4-25-11-17(20)23/h5-6,8-10,12-13,17,20,25H,3-4,11H2,1-2H3,(H,26,29). The molecule has 4 aromatic heterocycles. The van der Waals surface area contributed by atoms with Crippen LogP contribution in [-0.2, 0) is 0 Å². The highest BCUT2D eigenvalue weighted by Gasteiger charge is 2.27. The summed E-state index contributed by atoms with van der Waals surface area (Å²) < 4.78 is 17.6. The molecule has 0 aromatic carbocycles. The summed E-state index contributed by atoms with van der Waals surface area (Å²) in [6, 6.07) is 5.52. The van der Waals surface area contributed by atoms with Crippen LogP contribution in [0.4, 0.5) is 10.1 Å². The number of nitriles is 1. The lowest BCUT2D eigenvalue weighted by Gasteiger charge is -2.26. The lowest BCUT2D eigenvalue weighted by atomic mass is 10.1. The predicted molar refractivity (Wildman–Crippen MR) is 121 cm³/mol. The largest absolute Gasteiger partial charge is 0.382 e. The van der Waals surface area contributed by atoms with Gasteiger partial charge < -0.3 is 10.6 Å².